The third-order valence-electron chi connectivity index (χ3n) is 21.8. The van der Waals surface area contributed by atoms with Crippen molar-refractivity contribution in [3.05, 3.63) is 250 Å². The van der Waals surface area contributed by atoms with Crippen molar-refractivity contribution >= 4 is 144 Å². The van der Waals surface area contributed by atoms with E-state index in [1.807, 2.05) is 175 Å². The molecule has 3 saturated heterocycles. The van der Waals surface area contributed by atoms with Gasteiger partial charge in [0.25, 0.3) is 0 Å². The van der Waals surface area contributed by atoms with Gasteiger partial charge in [0, 0.05) is 74.6 Å². The van der Waals surface area contributed by atoms with E-state index in [0.29, 0.717) is 53.5 Å². The summed E-state index contributed by atoms with van der Waals surface area (Å²) >= 11 is 26.9. The number of anilines is 2. The van der Waals surface area contributed by atoms with Gasteiger partial charge in [-0.2, -0.15) is 0 Å². The zero-order chi connectivity index (χ0) is 90.4. The van der Waals surface area contributed by atoms with E-state index in [1.54, 1.807) is 29.6 Å². The van der Waals surface area contributed by atoms with Crippen LogP contribution in [0, 0.1) is 41.5 Å². The number of hydrogen-bond donors (Lipinski definition) is 2. The van der Waals surface area contributed by atoms with Gasteiger partial charge in [0.2, 0.25) is 0 Å². The molecule has 0 saturated carbocycles. The summed E-state index contributed by atoms with van der Waals surface area (Å²) in [5.74, 6) is -1.83. The van der Waals surface area contributed by atoms with Gasteiger partial charge >= 0.3 is 17.9 Å². The minimum absolute atomic E-state index is 0.147. The predicted molar refractivity (Wildman–Crippen MR) is 514 cm³/mol. The lowest BCUT2D eigenvalue weighted by molar-refractivity contribution is -0.167. The molecule has 9 aromatic carbocycles. The molecule has 0 bridgehead atoms. The molecule has 0 radical (unpaired) electrons. The van der Waals surface area contributed by atoms with E-state index >= 15 is 0 Å². The molecule has 2 N–H and O–H groups in total. The summed E-state index contributed by atoms with van der Waals surface area (Å²) in [4.78, 5) is 58.4. The number of ether oxygens (including phenoxy) is 8. The molecule has 6 heterocycles. The summed E-state index contributed by atoms with van der Waals surface area (Å²) in [6.45, 7) is 46.6. The molecule has 25 heteroatoms. The largest absolute Gasteiger partial charge is 0.479 e. The van der Waals surface area contributed by atoms with Gasteiger partial charge in [0.1, 0.15) is 16.8 Å². The Balaban J connectivity index is 0.000000160. The summed E-state index contributed by atoms with van der Waals surface area (Å²) in [6, 6.07) is 54.5. The predicted octanol–water partition coefficient (Wildman–Crippen LogP) is 25.3. The van der Waals surface area contributed by atoms with E-state index in [4.69, 9.17) is 82.7 Å². The fourth-order valence-electron chi connectivity index (χ4n) is 15.8. The van der Waals surface area contributed by atoms with Gasteiger partial charge in [-0.1, -0.05) is 183 Å². The number of fused-ring (bicyclic) bond motifs is 3. The second-order valence-corrected chi connectivity index (χ2v) is 41.0. The quantitative estimate of drug-likeness (QED) is 0.0723. The van der Waals surface area contributed by atoms with E-state index in [9.17, 15) is 19.5 Å². The minimum Gasteiger partial charge on any atom is -0.479 e. The SMILES string of the molecule is CCOC(=O)[C@@H](OC(C)(C)C)c1c(C)cc2nc(Br)sc2c1-c1ccc(Cl)cc1.CCOC(=O)[C@@H](OC(C)(C)C)c1c(C)cc2nc(N3CCOC(C)(c4ccc(C)cc4)C3)sc2c1-c1ccc(Cl)cc1.Cc1ccc(C2(C)CN(c3nc4cc(C)c([C@H](OC(C)(C)C)C(=O)O)c(-c5ccc(Cl)cc5)c4s3)CCO2)cc1.Cc1ccc(C2(C)CNCCO2)cc1. The summed E-state index contributed by atoms with van der Waals surface area (Å²) in [7, 11) is 0. The van der Waals surface area contributed by atoms with Crippen LogP contribution < -0.4 is 15.1 Å². The molecule has 3 aliphatic rings. The summed E-state index contributed by atoms with van der Waals surface area (Å²) in [6.07, 6.45) is -2.90. The van der Waals surface area contributed by atoms with E-state index < -0.39 is 64.2 Å². The molecule has 3 unspecified atom stereocenters. The average molecular weight is 1870 g/mol. The van der Waals surface area contributed by atoms with Crippen molar-refractivity contribution in [2.45, 2.75) is 190 Å². The lowest BCUT2D eigenvalue weighted by Crippen LogP contribution is -2.48. The van der Waals surface area contributed by atoms with Crippen molar-refractivity contribution in [1.82, 2.24) is 20.3 Å². The molecule has 12 aromatic rings. The molecule has 15 rings (SSSR count). The molecule has 0 amide bonds. The number of aliphatic carboxylic acids is 1. The van der Waals surface area contributed by atoms with Crippen molar-refractivity contribution < 1.29 is 57.4 Å². The normalized spacial score (nSPS) is 18.2. The molecular weight excluding hydrogens is 1760 g/mol. The first-order chi connectivity index (χ1) is 59.0. The molecule has 18 nitrogen and oxygen atoms in total. The van der Waals surface area contributed by atoms with Gasteiger partial charge in [-0.15, -0.1) is 11.3 Å². The number of hydrogen-bond acceptors (Lipinski definition) is 20. The van der Waals surface area contributed by atoms with E-state index in [0.717, 1.165) is 143 Å². The van der Waals surface area contributed by atoms with Crippen LogP contribution >= 0.6 is 84.7 Å². The maximum absolute atomic E-state index is 13.4. The number of aryl methyl sites for hydroxylation is 6. The Hall–Kier alpha value is -8.27. The van der Waals surface area contributed by atoms with E-state index in [2.05, 4.69) is 156 Å². The minimum atomic E-state index is -1.14. The molecule has 662 valence electrons. The number of carbonyl (C=O) groups is 3. The number of morpholine rings is 3. The van der Waals surface area contributed by atoms with E-state index in [-0.39, 0.29) is 18.8 Å². The number of rotatable bonds is 19. The van der Waals surface area contributed by atoms with Crippen LogP contribution in [0.15, 0.2) is 168 Å². The van der Waals surface area contributed by atoms with Gasteiger partial charge in [-0.25, -0.2) is 29.3 Å². The molecule has 6 atom stereocenters. The van der Waals surface area contributed by atoms with Crippen LogP contribution in [0.3, 0.4) is 0 Å². The monoisotopic (exact) mass is 1870 g/mol. The molecule has 3 aliphatic heterocycles. The number of nitrogens with zero attached hydrogens (tertiary/aromatic N) is 5. The first-order valence-corrected chi connectivity index (χ1v) is 46.6. The summed E-state index contributed by atoms with van der Waals surface area (Å²) < 4.78 is 51.9. The van der Waals surface area contributed by atoms with Gasteiger partial charge in [0.05, 0.1) is 93.6 Å². The Labute approximate surface area is 770 Å². The highest BCUT2D eigenvalue weighted by molar-refractivity contribution is 9.11. The lowest BCUT2D eigenvalue weighted by Gasteiger charge is -2.40. The van der Waals surface area contributed by atoms with Gasteiger partial charge in [0.15, 0.2) is 32.5 Å². The standard InChI is InChI=1S/C34H39ClN2O4S.C32H35ClN2O4S.C22H23BrClNO3S.C12H17NO/c1-8-39-31(38)29(41-33(4,5)6)27-22(3)19-26-30(28(27)23-11-15-25(35)16-12-23)42-32(36-26)37-17-18-40-34(7,20-37)24-13-9-21(2)10-14-24;1-19-7-11-22(12-8-19)32(6)18-35(15-16-38-32)30-34-24-17-20(2)25(27(29(36)37)39-31(3,4)5)26(28(24)40-30)21-9-13-23(33)14-10-21;1-6-27-20(26)18(28-22(3,4)5)16-12(2)11-15-19(29-21(23)25-15)17(16)13-7-9-14(24)10-8-13;1-10-3-5-11(6-4-10)12(2)9-13-7-8-14-12/h9-16,19,29H,8,17-18,20H2,1-7H3;7-14,17,27H,15-16,18H2,1-6H3,(H,36,37);7-11,18H,6H2,1-5H3;3-6,13H,7-9H2,1-2H3/t29-,34?;27-,32?;18-;/m000./s1. The maximum Gasteiger partial charge on any atom is 0.339 e. The van der Waals surface area contributed by atoms with Crippen LogP contribution in [0.5, 0.6) is 0 Å². The smallest absolute Gasteiger partial charge is 0.339 e. The van der Waals surface area contributed by atoms with Gasteiger partial charge in [-0.3, -0.25) is 0 Å². The van der Waals surface area contributed by atoms with Crippen molar-refractivity contribution in [3.8, 4) is 33.4 Å². The number of benzene rings is 9. The fourth-order valence-corrected chi connectivity index (χ4v) is 20.0. The second kappa shape index (κ2) is 40.2. The van der Waals surface area contributed by atoms with Crippen molar-refractivity contribution in [2.24, 2.45) is 0 Å². The highest BCUT2D eigenvalue weighted by atomic mass is 79.9. The Morgan fingerprint density at radius 2 is 0.776 bits per heavy atom. The van der Waals surface area contributed by atoms with Crippen LogP contribution in [-0.4, -0.2) is 127 Å². The van der Waals surface area contributed by atoms with Crippen LogP contribution in [0.4, 0.5) is 10.3 Å². The third kappa shape index (κ3) is 23.4. The topological polar surface area (TPSA) is 202 Å². The molecule has 0 spiro atoms. The highest BCUT2D eigenvalue weighted by Gasteiger charge is 2.41. The molecule has 3 fully saturated rings. The Morgan fingerprint density at radius 3 is 1.10 bits per heavy atom. The zero-order valence-electron chi connectivity index (χ0n) is 75.0. The van der Waals surface area contributed by atoms with Crippen LogP contribution in [0.2, 0.25) is 15.1 Å². The fraction of sp³-hybridized carbons (Fsp3) is 0.400. The number of nitrogens with one attached hydrogen (secondary N) is 1. The first kappa shape index (κ1) is 95.8. The molecular formula is C100H114BrCl3N6O12S3. The maximum atomic E-state index is 13.4. The van der Waals surface area contributed by atoms with Crippen molar-refractivity contribution in [1.29, 1.82) is 0 Å². The lowest BCUT2D eigenvalue weighted by atomic mass is 9.91. The summed E-state index contributed by atoms with van der Waals surface area (Å²) in [5.41, 5.74) is 17.3. The zero-order valence-corrected chi connectivity index (χ0v) is 81.3. The van der Waals surface area contributed by atoms with Gasteiger partial charge < -0.3 is 58.1 Å². The summed E-state index contributed by atoms with van der Waals surface area (Å²) in [5, 5.41) is 17.4. The highest BCUT2D eigenvalue weighted by Crippen LogP contribution is 2.50. The Kier molecular flexibility index (Phi) is 30.8. The Morgan fingerprint density at radius 1 is 0.464 bits per heavy atom. The number of carboxylic acid groups (broad SMARTS) is 1. The van der Waals surface area contributed by atoms with Crippen LogP contribution in [0.25, 0.3) is 64.0 Å². The Bertz CT molecular complexity index is 5790. The second-order valence-electron chi connectivity index (χ2n) is 35.5. The number of carbonyl (C=O) groups excluding carboxylic acids is 2. The number of carboxylic acids is 1. The average Bonchev–Trinajstić information content (AvgIpc) is 1.63. The number of halogens is 4. The number of esters is 2. The van der Waals surface area contributed by atoms with Crippen LogP contribution in [0.1, 0.15) is 182 Å². The van der Waals surface area contributed by atoms with Gasteiger partial charge in [-0.05, 0) is 259 Å². The molecule has 0 aliphatic carbocycles. The molecule has 125 heavy (non-hydrogen) atoms. The van der Waals surface area contributed by atoms with E-state index in [1.165, 1.54) is 33.6 Å². The van der Waals surface area contributed by atoms with Crippen molar-refractivity contribution in [3.63, 3.8) is 0 Å². The van der Waals surface area contributed by atoms with Crippen molar-refractivity contribution in [2.75, 3.05) is 82.1 Å². The first-order valence-electron chi connectivity index (χ1n) is 42.2. The molecule has 3 aromatic heterocycles. The van der Waals surface area contributed by atoms with Crippen LogP contribution in [-0.2, 0) is 69.1 Å². The number of aromatic nitrogens is 3. The third-order valence-corrected chi connectivity index (χ3v) is 26.4. The number of thiazole rings is 3.